The fraction of sp³-hybridized carbons (Fsp3) is 1.00. The Bertz CT molecular complexity index is 81.7. The van der Waals surface area contributed by atoms with E-state index in [-0.39, 0.29) is 0 Å². The van der Waals surface area contributed by atoms with Crippen LogP contribution in [0.3, 0.4) is 0 Å². The Hall–Kier alpha value is 0.137. The fourth-order valence-electron chi connectivity index (χ4n) is 1.04. The van der Waals surface area contributed by atoms with Crippen molar-refractivity contribution in [2.75, 3.05) is 19.4 Å². The van der Waals surface area contributed by atoms with E-state index in [1.807, 2.05) is 6.92 Å². The number of rotatable bonds is 3. The molecular formula is C7H15O2Si. The Morgan fingerprint density at radius 2 is 2.40 bits per heavy atom. The van der Waals surface area contributed by atoms with E-state index in [0.717, 1.165) is 19.4 Å². The third-order valence-corrected chi connectivity index (χ3v) is 3.67. The lowest BCUT2D eigenvalue weighted by molar-refractivity contribution is 0.165. The summed E-state index contributed by atoms with van der Waals surface area (Å²) in [4.78, 5) is 0. The van der Waals surface area contributed by atoms with Gasteiger partial charge >= 0.3 is 0 Å². The second-order valence-electron chi connectivity index (χ2n) is 2.48. The molecule has 0 unspecified atom stereocenters. The Morgan fingerprint density at radius 3 is 3.00 bits per heavy atom. The van der Waals surface area contributed by atoms with E-state index >= 15 is 0 Å². The summed E-state index contributed by atoms with van der Waals surface area (Å²) in [6, 6.07) is 1.28. The molecule has 1 aliphatic rings. The first-order valence-electron chi connectivity index (χ1n) is 3.98. The van der Waals surface area contributed by atoms with Crippen LogP contribution >= 0.6 is 0 Å². The summed E-state index contributed by atoms with van der Waals surface area (Å²) < 4.78 is 10.9. The van der Waals surface area contributed by atoms with Crippen LogP contribution in [0.1, 0.15) is 19.8 Å². The average molecular weight is 159 g/mol. The lowest BCUT2D eigenvalue weighted by atomic mass is 10.4. The molecule has 1 aliphatic heterocycles. The molecule has 0 aromatic carbocycles. The third kappa shape index (κ3) is 2.81. The van der Waals surface area contributed by atoms with Crippen LogP contribution in [0, 0.1) is 0 Å². The molecule has 0 amide bonds. The van der Waals surface area contributed by atoms with Gasteiger partial charge in [-0.25, -0.2) is 0 Å². The van der Waals surface area contributed by atoms with Crippen molar-refractivity contribution in [2.45, 2.75) is 25.8 Å². The van der Waals surface area contributed by atoms with Gasteiger partial charge in [0.15, 0.2) is 0 Å². The van der Waals surface area contributed by atoms with E-state index in [2.05, 4.69) is 0 Å². The van der Waals surface area contributed by atoms with Crippen molar-refractivity contribution >= 4 is 9.04 Å². The molecule has 2 nitrogen and oxygen atoms in total. The first kappa shape index (κ1) is 8.24. The van der Waals surface area contributed by atoms with Gasteiger partial charge in [-0.3, -0.25) is 0 Å². The van der Waals surface area contributed by atoms with Crippen LogP contribution in [0.15, 0.2) is 0 Å². The molecule has 0 aromatic heterocycles. The van der Waals surface area contributed by atoms with Crippen molar-refractivity contribution in [1.29, 1.82) is 0 Å². The lowest BCUT2D eigenvalue weighted by Crippen LogP contribution is -2.29. The van der Waals surface area contributed by atoms with Gasteiger partial charge in [0.2, 0.25) is 9.04 Å². The predicted octanol–water partition coefficient (Wildman–Crippen LogP) is 1.36. The fourth-order valence-corrected chi connectivity index (χ4v) is 2.92. The molecule has 0 N–H and O–H groups in total. The molecule has 0 atom stereocenters. The summed E-state index contributed by atoms with van der Waals surface area (Å²) in [5, 5.41) is 0. The highest BCUT2D eigenvalue weighted by Gasteiger charge is 2.16. The van der Waals surface area contributed by atoms with Crippen molar-refractivity contribution < 1.29 is 9.16 Å². The van der Waals surface area contributed by atoms with Crippen molar-refractivity contribution in [2.24, 2.45) is 0 Å². The molecule has 10 heavy (non-hydrogen) atoms. The highest BCUT2D eigenvalue weighted by Crippen LogP contribution is 2.10. The third-order valence-electron chi connectivity index (χ3n) is 1.62. The summed E-state index contributed by atoms with van der Waals surface area (Å²) in [5.74, 6) is 0. The van der Waals surface area contributed by atoms with E-state index in [9.17, 15) is 0 Å². The molecule has 1 heterocycles. The van der Waals surface area contributed by atoms with E-state index < -0.39 is 9.04 Å². The zero-order valence-electron chi connectivity index (χ0n) is 6.56. The summed E-state index contributed by atoms with van der Waals surface area (Å²) >= 11 is 0. The normalized spacial score (nSPS) is 21.3. The Labute approximate surface area is 64.3 Å². The van der Waals surface area contributed by atoms with Crippen LogP contribution in [-0.2, 0) is 9.16 Å². The van der Waals surface area contributed by atoms with E-state index in [0.29, 0.717) is 0 Å². The van der Waals surface area contributed by atoms with Crippen LogP contribution in [0.2, 0.25) is 6.04 Å². The first-order valence-corrected chi connectivity index (χ1v) is 5.81. The van der Waals surface area contributed by atoms with Gasteiger partial charge in [-0.2, -0.15) is 0 Å². The molecule has 1 fully saturated rings. The quantitative estimate of drug-likeness (QED) is 0.579. The van der Waals surface area contributed by atoms with Gasteiger partial charge in [0.1, 0.15) is 0 Å². The molecule has 0 saturated carbocycles. The van der Waals surface area contributed by atoms with Gasteiger partial charge < -0.3 is 9.16 Å². The average Bonchev–Trinajstić information content (AvgIpc) is 2.03. The molecule has 3 heteroatoms. The van der Waals surface area contributed by atoms with Crippen molar-refractivity contribution in [3.8, 4) is 0 Å². The molecule has 1 radical (unpaired) electrons. The van der Waals surface area contributed by atoms with Crippen LogP contribution in [-0.4, -0.2) is 28.5 Å². The highest BCUT2D eigenvalue weighted by molar-refractivity contribution is 6.51. The molecule has 1 saturated heterocycles. The van der Waals surface area contributed by atoms with Gasteiger partial charge in [0, 0.05) is 13.2 Å². The van der Waals surface area contributed by atoms with Crippen molar-refractivity contribution in [3.63, 3.8) is 0 Å². The number of ether oxygens (including phenoxy) is 1. The minimum absolute atomic E-state index is 0.533. The Kier molecular flexibility index (Phi) is 4.02. The molecule has 0 aromatic rings. The maximum atomic E-state index is 5.56. The summed E-state index contributed by atoms with van der Waals surface area (Å²) in [6.45, 7) is 3.84. The van der Waals surface area contributed by atoms with Crippen molar-refractivity contribution in [1.82, 2.24) is 0 Å². The van der Waals surface area contributed by atoms with Crippen LogP contribution < -0.4 is 0 Å². The monoisotopic (exact) mass is 159 g/mol. The summed E-state index contributed by atoms with van der Waals surface area (Å²) in [5.41, 5.74) is 0. The smallest absolute Gasteiger partial charge is 0.238 e. The van der Waals surface area contributed by atoms with Gasteiger partial charge in [0.25, 0.3) is 0 Å². The molecular weight excluding hydrogens is 144 g/mol. The standard InChI is InChI=1S/C7H15O2Si/c1-2-8-7-10-6-4-3-5-9-10/h2-7H2,1H3. The van der Waals surface area contributed by atoms with Gasteiger partial charge in [-0.05, 0) is 19.4 Å². The second kappa shape index (κ2) is 4.88. The van der Waals surface area contributed by atoms with Crippen LogP contribution in [0.25, 0.3) is 0 Å². The first-order chi connectivity index (χ1) is 4.93. The van der Waals surface area contributed by atoms with E-state index in [1.165, 1.54) is 18.9 Å². The van der Waals surface area contributed by atoms with E-state index in [4.69, 9.17) is 9.16 Å². The molecule has 0 spiro atoms. The van der Waals surface area contributed by atoms with Gasteiger partial charge in [0.05, 0.1) is 6.23 Å². The van der Waals surface area contributed by atoms with Crippen molar-refractivity contribution in [3.05, 3.63) is 0 Å². The largest absolute Gasteiger partial charge is 0.414 e. The lowest BCUT2D eigenvalue weighted by Gasteiger charge is -2.19. The summed E-state index contributed by atoms with van der Waals surface area (Å²) in [7, 11) is -0.533. The number of hydrogen-bond donors (Lipinski definition) is 0. The SMILES string of the molecule is CCOC[Si]1CCCCO1. The second-order valence-corrected chi connectivity index (χ2v) is 4.64. The summed E-state index contributed by atoms with van der Waals surface area (Å²) in [6.07, 6.45) is 3.49. The number of hydrogen-bond acceptors (Lipinski definition) is 2. The molecule has 0 aliphatic carbocycles. The molecule has 0 bridgehead atoms. The van der Waals surface area contributed by atoms with Gasteiger partial charge in [-0.1, -0.05) is 6.42 Å². The molecule has 59 valence electrons. The highest BCUT2D eigenvalue weighted by atomic mass is 28.3. The Morgan fingerprint density at radius 1 is 1.50 bits per heavy atom. The predicted molar refractivity (Wildman–Crippen MR) is 42.2 cm³/mol. The minimum atomic E-state index is -0.533. The van der Waals surface area contributed by atoms with Gasteiger partial charge in [-0.15, -0.1) is 0 Å². The maximum Gasteiger partial charge on any atom is 0.238 e. The maximum absolute atomic E-state index is 5.56. The minimum Gasteiger partial charge on any atom is -0.414 e. The zero-order chi connectivity index (χ0) is 7.23. The van der Waals surface area contributed by atoms with E-state index in [1.54, 1.807) is 0 Å². The topological polar surface area (TPSA) is 18.5 Å². The molecule has 1 rings (SSSR count). The van der Waals surface area contributed by atoms with Crippen LogP contribution in [0.5, 0.6) is 0 Å². The Balaban J connectivity index is 2.02. The zero-order valence-corrected chi connectivity index (χ0v) is 7.56. The van der Waals surface area contributed by atoms with Crippen LogP contribution in [0.4, 0.5) is 0 Å².